The molecular weight excluding hydrogens is 289 g/mol. The Labute approximate surface area is 119 Å². The van der Waals surface area contributed by atoms with E-state index in [1.54, 1.807) is 19.1 Å². The van der Waals surface area contributed by atoms with Gasteiger partial charge in [0.25, 0.3) is 0 Å². The molecule has 0 amide bonds. The highest BCUT2D eigenvalue weighted by atomic mass is 35.5. The summed E-state index contributed by atoms with van der Waals surface area (Å²) in [5.41, 5.74) is 0.642. The van der Waals surface area contributed by atoms with Gasteiger partial charge in [-0.25, -0.2) is 14.8 Å². The fourth-order valence-electron chi connectivity index (χ4n) is 1.34. The number of hydrogen-bond acceptors (Lipinski definition) is 5. The lowest BCUT2D eigenvalue weighted by molar-refractivity contribution is 0.0525. The average Bonchev–Trinajstić information content (AvgIpc) is 2.39. The molecule has 2 aromatic rings. The van der Waals surface area contributed by atoms with Crippen molar-refractivity contribution in [1.29, 1.82) is 0 Å². The van der Waals surface area contributed by atoms with Crippen molar-refractivity contribution in [2.75, 3.05) is 6.61 Å². The lowest BCUT2D eigenvalue weighted by Gasteiger charge is -2.04. The smallest absolute Gasteiger partial charge is 0.342 e. The van der Waals surface area contributed by atoms with Crippen molar-refractivity contribution >= 4 is 29.2 Å². The van der Waals surface area contributed by atoms with Crippen molar-refractivity contribution in [3.05, 3.63) is 40.3 Å². The second-order valence-electron chi connectivity index (χ2n) is 3.48. The van der Waals surface area contributed by atoms with Gasteiger partial charge in [0, 0.05) is 12.4 Å². The molecule has 0 N–H and O–H groups in total. The summed E-state index contributed by atoms with van der Waals surface area (Å²) in [7, 11) is 0. The van der Waals surface area contributed by atoms with Crippen LogP contribution in [0.4, 0.5) is 0 Å². The van der Waals surface area contributed by atoms with Gasteiger partial charge >= 0.3 is 5.97 Å². The lowest BCUT2D eigenvalue weighted by atomic mass is 10.3. The molecule has 2 rings (SSSR count). The third kappa shape index (κ3) is 3.19. The first-order valence-corrected chi connectivity index (χ1v) is 6.19. The van der Waals surface area contributed by atoms with Crippen molar-refractivity contribution in [1.82, 2.24) is 15.0 Å². The van der Waals surface area contributed by atoms with Gasteiger partial charge < -0.3 is 4.74 Å². The number of nitrogens with zero attached hydrogens (tertiary/aromatic N) is 3. The molecule has 0 unspecified atom stereocenters. The van der Waals surface area contributed by atoms with Crippen LogP contribution in [0.5, 0.6) is 0 Å². The van der Waals surface area contributed by atoms with Crippen LogP contribution in [0.1, 0.15) is 17.3 Å². The fourth-order valence-corrected chi connectivity index (χ4v) is 1.66. The van der Waals surface area contributed by atoms with E-state index in [1.807, 2.05) is 0 Å². The predicted octanol–water partition coefficient (Wildman–Crippen LogP) is 3.02. The van der Waals surface area contributed by atoms with E-state index in [9.17, 15) is 4.79 Å². The van der Waals surface area contributed by atoms with Gasteiger partial charge in [0.2, 0.25) is 0 Å². The van der Waals surface area contributed by atoms with Crippen molar-refractivity contribution < 1.29 is 9.53 Å². The zero-order valence-electron chi connectivity index (χ0n) is 9.93. The van der Waals surface area contributed by atoms with Gasteiger partial charge in [0.15, 0.2) is 5.82 Å². The summed E-state index contributed by atoms with van der Waals surface area (Å²) in [5.74, 6) is -0.238. The third-order valence-corrected chi connectivity index (χ3v) is 2.71. The molecule has 7 heteroatoms. The number of halogens is 2. The summed E-state index contributed by atoms with van der Waals surface area (Å²) in [5, 5.41) is 0.540. The van der Waals surface area contributed by atoms with Crippen LogP contribution in [0.3, 0.4) is 0 Å². The van der Waals surface area contributed by atoms with Gasteiger partial charge in [-0.1, -0.05) is 23.2 Å². The Balaban J connectivity index is 2.33. The molecule has 98 valence electrons. The van der Waals surface area contributed by atoms with Crippen LogP contribution < -0.4 is 0 Å². The minimum absolute atomic E-state index is 0.0280. The van der Waals surface area contributed by atoms with E-state index >= 15 is 0 Å². The van der Waals surface area contributed by atoms with Gasteiger partial charge in [-0.3, -0.25) is 4.98 Å². The Hall–Kier alpha value is -1.72. The summed E-state index contributed by atoms with van der Waals surface area (Å²) in [6, 6.07) is 3.33. The van der Waals surface area contributed by atoms with Crippen LogP contribution in [0.15, 0.2) is 24.5 Å². The Morgan fingerprint density at radius 1 is 1.26 bits per heavy atom. The van der Waals surface area contributed by atoms with Gasteiger partial charge in [0.05, 0.1) is 11.6 Å². The number of carbonyl (C=O) groups is 1. The van der Waals surface area contributed by atoms with Crippen molar-refractivity contribution in [2.24, 2.45) is 0 Å². The van der Waals surface area contributed by atoms with E-state index in [0.717, 1.165) is 0 Å². The Morgan fingerprint density at radius 3 is 2.63 bits per heavy atom. The highest BCUT2D eigenvalue weighted by Crippen LogP contribution is 2.19. The topological polar surface area (TPSA) is 65.0 Å². The Bertz CT molecular complexity index is 602. The molecule has 5 nitrogen and oxygen atoms in total. The molecule has 0 saturated heterocycles. The molecule has 0 radical (unpaired) electrons. The lowest BCUT2D eigenvalue weighted by Crippen LogP contribution is -2.07. The first kappa shape index (κ1) is 13.7. The molecule has 0 atom stereocenters. The van der Waals surface area contributed by atoms with Gasteiger partial charge in [-0.05, 0) is 19.1 Å². The largest absolute Gasteiger partial charge is 0.462 e. The zero-order chi connectivity index (χ0) is 13.8. The number of ether oxygens (including phenoxy) is 1. The maximum Gasteiger partial charge on any atom is 0.342 e. The summed E-state index contributed by atoms with van der Waals surface area (Å²) >= 11 is 11.7. The monoisotopic (exact) mass is 297 g/mol. The van der Waals surface area contributed by atoms with Gasteiger partial charge in [-0.2, -0.15) is 0 Å². The van der Waals surface area contributed by atoms with Crippen LogP contribution in [-0.4, -0.2) is 27.5 Å². The second-order valence-corrected chi connectivity index (χ2v) is 4.27. The minimum atomic E-state index is -0.553. The molecule has 0 aliphatic rings. The highest BCUT2D eigenvalue weighted by Gasteiger charge is 2.15. The van der Waals surface area contributed by atoms with E-state index in [0.29, 0.717) is 16.5 Å². The van der Waals surface area contributed by atoms with E-state index < -0.39 is 5.97 Å². The standard InChI is InChI=1S/C12H9Cl2N3O2/c1-2-19-12(18)8-6-16-11(17-10(8)14)9-4-3-7(13)5-15-9/h3-6H,2H2,1H3. The second kappa shape index (κ2) is 5.95. The van der Waals surface area contributed by atoms with Crippen molar-refractivity contribution in [2.45, 2.75) is 6.92 Å². The number of carbonyl (C=O) groups excluding carboxylic acids is 1. The molecule has 2 heterocycles. The SMILES string of the molecule is CCOC(=O)c1cnc(-c2ccc(Cl)cn2)nc1Cl. The molecule has 0 aliphatic carbocycles. The van der Waals surface area contributed by atoms with E-state index in [2.05, 4.69) is 15.0 Å². The predicted molar refractivity (Wildman–Crippen MR) is 71.2 cm³/mol. The maximum atomic E-state index is 11.5. The van der Waals surface area contributed by atoms with Crippen LogP contribution in [0, 0.1) is 0 Å². The first-order chi connectivity index (χ1) is 9.11. The van der Waals surface area contributed by atoms with Crippen molar-refractivity contribution in [3.8, 4) is 11.5 Å². The number of pyridine rings is 1. The summed E-state index contributed by atoms with van der Waals surface area (Å²) in [6.07, 6.45) is 2.80. The first-order valence-electron chi connectivity index (χ1n) is 5.43. The van der Waals surface area contributed by atoms with E-state index in [1.165, 1.54) is 12.4 Å². The van der Waals surface area contributed by atoms with E-state index in [-0.39, 0.29) is 17.3 Å². The molecule has 19 heavy (non-hydrogen) atoms. The average molecular weight is 298 g/mol. The van der Waals surface area contributed by atoms with Gasteiger partial charge in [-0.15, -0.1) is 0 Å². The Morgan fingerprint density at radius 2 is 2.05 bits per heavy atom. The van der Waals surface area contributed by atoms with E-state index in [4.69, 9.17) is 27.9 Å². The fraction of sp³-hybridized carbons (Fsp3) is 0.167. The quantitative estimate of drug-likeness (QED) is 0.643. The normalized spacial score (nSPS) is 10.3. The molecule has 0 bridgehead atoms. The number of hydrogen-bond donors (Lipinski definition) is 0. The maximum absolute atomic E-state index is 11.5. The third-order valence-electron chi connectivity index (χ3n) is 2.19. The number of aromatic nitrogens is 3. The van der Waals surface area contributed by atoms with Crippen LogP contribution in [-0.2, 0) is 4.74 Å². The summed E-state index contributed by atoms with van der Waals surface area (Å²) < 4.78 is 4.83. The molecule has 0 saturated carbocycles. The molecule has 2 aromatic heterocycles. The molecule has 0 aliphatic heterocycles. The van der Waals surface area contributed by atoms with Crippen LogP contribution in [0.2, 0.25) is 10.2 Å². The summed E-state index contributed by atoms with van der Waals surface area (Å²) in [6.45, 7) is 1.97. The molecule has 0 aromatic carbocycles. The highest BCUT2D eigenvalue weighted by molar-refractivity contribution is 6.32. The van der Waals surface area contributed by atoms with Crippen LogP contribution >= 0.6 is 23.2 Å². The minimum Gasteiger partial charge on any atom is -0.462 e. The molecular formula is C12H9Cl2N3O2. The molecule has 0 spiro atoms. The summed E-state index contributed by atoms with van der Waals surface area (Å²) in [4.78, 5) is 23.7. The Kier molecular flexibility index (Phi) is 4.29. The zero-order valence-corrected chi connectivity index (χ0v) is 11.4. The van der Waals surface area contributed by atoms with Crippen LogP contribution in [0.25, 0.3) is 11.5 Å². The number of rotatable bonds is 3. The number of esters is 1. The van der Waals surface area contributed by atoms with Crippen molar-refractivity contribution in [3.63, 3.8) is 0 Å². The van der Waals surface area contributed by atoms with Gasteiger partial charge in [0.1, 0.15) is 16.4 Å². The molecule has 0 fully saturated rings.